The number of H-pyrrole nitrogens is 2. The van der Waals surface area contributed by atoms with Crippen LogP contribution in [0.1, 0.15) is 61.3 Å². The van der Waals surface area contributed by atoms with Crippen LogP contribution in [0.25, 0.3) is 18.2 Å². The Balaban J connectivity index is 1.97. The average Bonchev–Trinajstić information content (AvgIpc) is 3.62. The normalized spacial score (nSPS) is 18.2. The Labute approximate surface area is 261 Å². The summed E-state index contributed by atoms with van der Waals surface area (Å²) in [5.41, 5.74) is 7.88. The minimum Gasteiger partial charge on any atom is -0.481 e. The summed E-state index contributed by atoms with van der Waals surface area (Å²) in [6.45, 7) is 18.1. The Morgan fingerprint density at radius 1 is 0.778 bits per heavy atom. The van der Waals surface area contributed by atoms with Crippen LogP contribution >= 0.6 is 0 Å². The van der Waals surface area contributed by atoms with Gasteiger partial charge in [-0.2, -0.15) is 0 Å². The zero-order valence-corrected chi connectivity index (χ0v) is 26.3. The first kappa shape index (κ1) is 32.7. The van der Waals surface area contributed by atoms with E-state index in [-0.39, 0.29) is 24.7 Å². The molecular weight excluding hydrogens is 572 g/mol. The maximum Gasteiger partial charge on any atom is 0.306 e. The number of amides is 2. The van der Waals surface area contributed by atoms with Crippen molar-refractivity contribution >= 4 is 47.7 Å². The number of carbonyl (C=O) groups is 4. The van der Waals surface area contributed by atoms with E-state index in [0.29, 0.717) is 55.8 Å². The lowest BCUT2D eigenvalue weighted by atomic mass is 9.96. The number of carbonyl (C=O) groups excluding carboxylic acids is 2. The molecule has 234 valence electrons. The summed E-state index contributed by atoms with van der Waals surface area (Å²) in [5, 5.41) is 23.6. The predicted octanol–water partition coefficient (Wildman–Crippen LogP) is 3.55. The van der Waals surface area contributed by atoms with Gasteiger partial charge in [-0.05, 0) is 81.0 Å². The molecule has 2 aliphatic rings. The molecule has 0 saturated carbocycles. The van der Waals surface area contributed by atoms with E-state index in [1.165, 1.54) is 0 Å². The molecule has 0 radical (unpaired) electrons. The minimum absolute atomic E-state index is 0.215. The number of aromatic amines is 2. The van der Waals surface area contributed by atoms with E-state index in [1.54, 1.807) is 52.0 Å². The monoisotopic (exact) mass is 610 g/mol. The Hall–Kier alpha value is -5.25. The van der Waals surface area contributed by atoms with E-state index in [0.717, 1.165) is 22.3 Å². The molecule has 2 aliphatic heterocycles. The summed E-state index contributed by atoms with van der Waals surface area (Å²) in [6, 6.07) is 0. The molecule has 0 aromatic carbocycles. The van der Waals surface area contributed by atoms with Crippen LogP contribution in [0.3, 0.4) is 0 Å². The third-order valence-corrected chi connectivity index (χ3v) is 8.54. The van der Waals surface area contributed by atoms with Gasteiger partial charge in [-0.1, -0.05) is 39.2 Å². The Kier molecular flexibility index (Phi) is 9.27. The van der Waals surface area contributed by atoms with Gasteiger partial charge in [0.2, 0.25) is 0 Å². The molecule has 0 spiro atoms. The number of rotatable bonds is 11. The third kappa shape index (κ3) is 6.35. The van der Waals surface area contributed by atoms with Gasteiger partial charge < -0.3 is 25.5 Å². The number of aromatic nitrogens is 2. The molecule has 10 heteroatoms. The van der Waals surface area contributed by atoms with Crippen molar-refractivity contribution in [2.24, 2.45) is 16.8 Å². The van der Waals surface area contributed by atoms with Gasteiger partial charge in [0, 0.05) is 44.4 Å². The number of carboxylic acid groups (broad SMARTS) is 2. The fourth-order valence-corrected chi connectivity index (χ4v) is 5.54. The molecule has 2 amide bonds. The number of aliphatic imine (C=N–C) groups is 1. The number of hydrogen-bond acceptors (Lipinski definition) is 4. The van der Waals surface area contributed by atoms with Crippen LogP contribution in [0.5, 0.6) is 0 Å². The van der Waals surface area contributed by atoms with E-state index in [4.69, 9.17) is 0 Å². The molecule has 4 heterocycles. The highest BCUT2D eigenvalue weighted by Gasteiger charge is 2.25. The molecule has 45 heavy (non-hydrogen) atoms. The largest absolute Gasteiger partial charge is 0.481 e. The molecule has 0 unspecified atom stereocenters. The fourth-order valence-electron chi connectivity index (χ4n) is 5.54. The van der Waals surface area contributed by atoms with Gasteiger partial charge in [0.1, 0.15) is 0 Å². The Bertz CT molecular complexity index is 1920. The van der Waals surface area contributed by atoms with E-state index < -0.39 is 23.8 Å². The molecule has 4 rings (SSSR count). The van der Waals surface area contributed by atoms with E-state index in [9.17, 15) is 29.4 Å². The van der Waals surface area contributed by atoms with Crippen molar-refractivity contribution in [3.8, 4) is 0 Å². The SMILES string of the molecule is C=CC1=C(C)C(=O)NC1=Cc1[nH]c(C=c2[nH]c(=CC3=NC(=O)C(C)=C3C=C)c(C)c2C[C@@H](C)C(=O)O)c(C[C@H](C)C(=O)O)c1C. The number of carboxylic acids is 2. The van der Waals surface area contributed by atoms with Gasteiger partial charge in [0.15, 0.2) is 0 Å². The van der Waals surface area contributed by atoms with Gasteiger partial charge in [-0.15, -0.1) is 0 Å². The third-order valence-electron chi connectivity index (χ3n) is 8.54. The highest BCUT2D eigenvalue weighted by atomic mass is 16.4. The van der Waals surface area contributed by atoms with Crippen LogP contribution in [0.15, 0.2) is 58.3 Å². The quantitative estimate of drug-likeness (QED) is 0.261. The summed E-state index contributed by atoms with van der Waals surface area (Å²) in [4.78, 5) is 59.3. The maximum absolute atomic E-state index is 12.3. The highest BCUT2D eigenvalue weighted by molar-refractivity contribution is 6.32. The lowest BCUT2D eigenvalue weighted by molar-refractivity contribution is -0.142. The van der Waals surface area contributed by atoms with Crippen LogP contribution in [0.2, 0.25) is 0 Å². The van der Waals surface area contributed by atoms with Crippen LogP contribution < -0.4 is 16.0 Å². The zero-order valence-electron chi connectivity index (χ0n) is 26.3. The number of nitrogens with zero attached hydrogens (tertiary/aromatic N) is 1. The van der Waals surface area contributed by atoms with Gasteiger partial charge in [0.25, 0.3) is 11.8 Å². The Morgan fingerprint density at radius 3 is 1.96 bits per heavy atom. The summed E-state index contributed by atoms with van der Waals surface area (Å²) in [6.07, 6.45) is 9.07. The Morgan fingerprint density at radius 2 is 1.38 bits per heavy atom. The van der Waals surface area contributed by atoms with E-state index >= 15 is 0 Å². The van der Waals surface area contributed by atoms with Gasteiger partial charge in [-0.25, -0.2) is 4.99 Å². The first-order valence-corrected chi connectivity index (χ1v) is 14.6. The van der Waals surface area contributed by atoms with Crippen molar-refractivity contribution in [3.05, 3.63) is 97.6 Å². The first-order valence-electron chi connectivity index (χ1n) is 14.6. The topological polar surface area (TPSA) is 165 Å². The minimum atomic E-state index is -0.939. The summed E-state index contributed by atoms with van der Waals surface area (Å²) in [5.74, 6) is -3.80. The van der Waals surface area contributed by atoms with Crippen molar-refractivity contribution < 1.29 is 29.4 Å². The van der Waals surface area contributed by atoms with Gasteiger partial charge in [-0.3, -0.25) is 19.2 Å². The van der Waals surface area contributed by atoms with Crippen LogP contribution in [0, 0.1) is 25.7 Å². The van der Waals surface area contributed by atoms with Crippen molar-refractivity contribution in [2.45, 2.75) is 54.4 Å². The summed E-state index contributed by atoms with van der Waals surface area (Å²) in [7, 11) is 0. The number of allylic oxidation sites excluding steroid dienone is 3. The fraction of sp³-hybridized carbons (Fsp3) is 0.286. The van der Waals surface area contributed by atoms with Crippen molar-refractivity contribution in [1.82, 2.24) is 15.3 Å². The lowest BCUT2D eigenvalue weighted by Gasteiger charge is -2.08. The predicted molar refractivity (Wildman–Crippen MR) is 174 cm³/mol. The van der Waals surface area contributed by atoms with E-state index in [1.807, 2.05) is 19.9 Å². The summed E-state index contributed by atoms with van der Waals surface area (Å²) < 4.78 is 0. The molecule has 5 N–H and O–H groups in total. The molecule has 10 nitrogen and oxygen atoms in total. The molecular formula is C35H38N4O6. The molecule has 2 aromatic heterocycles. The number of hydrogen-bond donors (Lipinski definition) is 5. The molecule has 0 aliphatic carbocycles. The molecule has 0 fully saturated rings. The smallest absolute Gasteiger partial charge is 0.306 e. The second-order valence-corrected chi connectivity index (χ2v) is 11.6. The van der Waals surface area contributed by atoms with E-state index in [2.05, 4.69) is 33.4 Å². The number of aliphatic carboxylic acids is 2. The maximum atomic E-state index is 12.3. The van der Waals surface area contributed by atoms with Crippen LogP contribution in [-0.2, 0) is 32.0 Å². The van der Waals surface area contributed by atoms with Crippen LogP contribution in [0.4, 0.5) is 0 Å². The van der Waals surface area contributed by atoms with Gasteiger partial charge in [0.05, 0.1) is 23.2 Å². The average molecular weight is 611 g/mol. The highest BCUT2D eigenvalue weighted by Crippen LogP contribution is 2.28. The lowest BCUT2D eigenvalue weighted by Crippen LogP contribution is -2.19. The first-order chi connectivity index (χ1) is 21.2. The molecule has 0 saturated heterocycles. The standard InChI is InChI=1S/C35H38N4O6/c1-9-22-20(7)32(40)38-28(22)13-26-18(5)24(11-16(3)34(42)43)30(36-26)15-31-25(12-17(4)35(44)45)19(6)27(37-31)14-29-23(10-2)21(8)33(41)39-29/h9-10,13-17,36-37H,1-2,11-12H2,3-8H3,(H,38,40)(H,42,43)(H,44,45)/t16-,17+/m0/s1. The van der Waals surface area contributed by atoms with Crippen molar-refractivity contribution in [1.29, 1.82) is 0 Å². The molecule has 0 bridgehead atoms. The van der Waals surface area contributed by atoms with Crippen LogP contribution in [-0.4, -0.2) is 49.6 Å². The zero-order chi connectivity index (χ0) is 33.3. The molecule has 2 atom stereocenters. The number of nitrogens with one attached hydrogen (secondary N) is 3. The van der Waals surface area contributed by atoms with Crippen molar-refractivity contribution in [2.75, 3.05) is 0 Å². The summed E-state index contributed by atoms with van der Waals surface area (Å²) >= 11 is 0. The molecule has 2 aromatic rings. The van der Waals surface area contributed by atoms with Gasteiger partial charge >= 0.3 is 11.9 Å². The second-order valence-electron chi connectivity index (χ2n) is 11.6. The second kappa shape index (κ2) is 12.8. The van der Waals surface area contributed by atoms with Crippen molar-refractivity contribution in [3.63, 3.8) is 0 Å².